The predicted octanol–water partition coefficient (Wildman–Crippen LogP) is 1.83. The van der Waals surface area contributed by atoms with Gasteiger partial charge in [0.1, 0.15) is 5.75 Å². The van der Waals surface area contributed by atoms with Crippen molar-refractivity contribution < 1.29 is 9.90 Å². The Kier molecular flexibility index (Phi) is 4.57. The quantitative estimate of drug-likeness (QED) is 0.569. The molecule has 0 atom stereocenters. The van der Waals surface area contributed by atoms with Crippen LogP contribution in [0.4, 0.5) is 0 Å². The summed E-state index contributed by atoms with van der Waals surface area (Å²) >= 11 is 0. The van der Waals surface area contributed by atoms with E-state index in [0.29, 0.717) is 11.8 Å². The van der Waals surface area contributed by atoms with Crippen LogP contribution in [-0.2, 0) is 0 Å². The van der Waals surface area contributed by atoms with Crippen LogP contribution < -0.4 is 5.32 Å². The molecule has 1 rings (SSSR count). The van der Waals surface area contributed by atoms with Gasteiger partial charge in [0.2, 0.25) is 0 Å². The zero-order chi connectivity index (χ0) is 11.1. The van der Waals surface area contributed by atoms with Crippen LogP contribution in [-0.4, -0.2) is 25.0 Å². The first-order valence-corrected chi connectivity index (χ1v) is 4.88. The summed E-state index contributed by atoms with van der Waals surface area (Å²) in [5.74, 6) is 0.0285. The van der Waals surface area contributed by atoms with E-state index in [1.54, 1.807) is 12.1 Å². The number of nitrogens with one attached hydrogen (secondary N) is 1. The van der Waals surface area contributed by atoms with E-state index in [1.165, 1.54) is 6.07 Å². The Labute approximate surface area is 89.4 Å². The molecular formula is C12H15NO2. The lowest BCUT2D eigenvalue weighted by Crippen LogP contribution is -2.05. The highest BCUT2D eigenvalue weighted by Crippen LogP contribution is 2.19. The second-order valence-corrected chi connectivity index (χ2v) is 3.19. The van der Waals surface area contributed by atoms with Gasteiger partial charge >= 0.3 is 0 Å². The summed E-state index contributed by atoms with van der Waals surface area (Å²) in [5.41, 5.74) is 1.10. The molecule has 0 spiro atoms. The highest BCUT2D eigenvalue weighted by Gasteiger charge is 2.02. The van der Waals surface area contributed by atoms with E-state index in [9.17, 15) is 9.90 Å². The molecule has 3 nitrogen and oxygen atoms in total. The average Bonchev–Trinajstić information content (AvgIpc) is 2.24. The fourth-order valence-corrected chi connectivity index (χ4v) is 1.28. The monoisotopic (exact) mass is 205 g/mol. The van der Waals surface area contributed by atoms with Gasteiger partial charge in [-0.1, -0.05) is 24.3 Å². The number of benzene rings is 1. The molecule has 0 fully saturated rings. The lowest BCUT2D eigenvalue weighted by molar-refractivity contribution is 0.112. The van der Waals surface area contributed by atoms with Crippen LogP contribution in [0.25, 0.3) is 6.08 Å². The van der Waals surface area contributed by atoms with Crippen molar-refractivity contribution in [2.24, 2.45) is 0 Å². The number of aldehydes is 1. The first-order chi connectivity index (χ1) is 7.29. The Bertz CT molecular complexity index is 359. The third-order valence-corrected chi connectivity index (χ3v) is 2.09. The molecule has 0 radical (unpaired) electrons. The van der Waals surface area contributed by atoms with Crippen molar-refractivity contribution in [3.8, 4) is 5.75 Å². The van der Waals surface area contributed by atoms with Gasteiger partial charge in [-0.05, 0) is 31.6 Å². The lowest BCUT2D eigenvalue weighted by atomic mass is 10.1. The summed E-state index contributed by atoms with van der Waals surface area (Å²) in [6.07, 6.45) is 5.39. The van der Waals surface area contributed by atoms with E-state index in [1.807, 2.05) is 19.2 Å². The Morgan fingerprint density at radius 3 is 2.93 bits per heavy atom. The van der Waals surface area contributed by atoms with E-state index >= 15 is 0 Å². The number of phenols is 1. The van der Waals surface area contributed by atoms with Crippen LogP contribution in [0.1, 0.15) is 22.3 Å². The third kappa shape index (κ3) is 3.22. The van der Waals surface area contributed by atoms with Gasteiger partial charge in [-0.15, -0.1) is 0 Å². The average molecular weight is 205 g/mol. The minimum atomic E-state index is 0.0285. The van der Waals surface area contributed by atoms with Gasteiger partial charge in [0.05, 0.1) is 5.56 Å². The second-order valence-electron chi connectivity index (χ2n) is 3.19. The maximum absolute atomic E-state index is 10.7. The van der Waals surface area contributed by atoms with Crippen molar-refractivity contribution in [1.82, 2.24) is 5.32 Å². The van der Waals surface area contributed by atoms with Gasteiger partial charge in [-0.2, -0.15) is 0 Å². The predicted molar refractivity (Wildman–Crippen MR) is 61.1 cm³/mol. The topological polar surface area (TPSA) is 49.3 Å². The fraction of sp³-hybridized carbons (Fsp3) is 0.250. The van der Waals surface area contributed by atoms with Gasteiger partial charge in [0.25, 0.3) is 0 Å². The first kappa shape index (κ1) is 11.5. The minimum Gasteiger partial charge on any atom is -0.507 e. The van der Waals surface area contributed by atoms with Crippen LogP contribution >= 0.6 is 0 Å². The molecule has 0 saturated heterocycles. The molecule has 0 bridgehead atoms. The molecule has 0 unspecified atom stereocenters. The molecule has 0 aliphatic carbocycles. The number of phenolic OH excluding ortho intramolecular Hbond substituents is 1. The van der Waals surface area contributed by atoms with E-state index in [2.05, 4.69) is 5.32 Å². The summed E-state index contributed by atoms with van der Waals surface area (Å²) < 4.78 is 0. The smallest absolute Gasteiger partial charge is 0.154 e. The van der Waals surface area contributed by atoms with Crippen molar-refractivity contribution in [3.05, 3.63) is 35.4 Å². The second kappa shape index (κ2) is 5.98. The fourth-order valence-electron chi connectivity index (χ4n) is 1.28. The Morgan fingerprint density at radius 1 is 1.47 bits per heavy atom. The van der Waals surface area contributed by atoms with Crippen LogP contribution in [0, 0.1) is 0 Å². The van der Waals surface area contributed by atoms with Gasteiger partial charge < -0.3 is 10.4 Å². The van der Waals surface area contributed by atoms with Crippen LogP contribution in [0.3, 0.4) is 0 Å². The van der Waals surface area contributed by atoms with E-state index in [4.69, 9.17) is 0 Å². The summed E-state index contributed by atoms with van der Waals surface area (Å²) in [6, 6.07) is 5.04. The highest BCUT2D eigenvalue weighted by atomic mass is 16.3. The standard InChI is InChI=1S/C12H15NO2/c1-13-8-3-2-5-10-6-4-7-12(15)11(10)9-14/h2,4-7,9,13,15H,3,8H2,1H3. The van der Waals surface area contributed by atoms with Crippen LogP contribution in [0.2, 0.25) is 0 Å². The third-order valence-electron chi connectivity index (χ3n) is 2.09. The maximum Gasteiger partial charge on any atom is 0.154 e. The summed E-state index contributed by atoms with van der Waals surface area (Å²) in [4.78, 5) is 10.7. The number of rotatable bonds is 5. The molecule has 1 aromatic carbocycles. The van der Waals surface area contributed by atoms with E-state index in [-0.39, 0.29) is 5.75 Å². The number of aromatic hydroxyl groups is 1. The van der Waals surface area contributed by atoms with Crippen molar-refractivity contribution in [2.75, 3.05) is 13.6 Å². The molecule has 0 heterocycles. The molecule has 15 heavy (non-hydrogen) atoms. The molecule has 3 heteroatoms. The first-order valence-electron chi connectivity index (χ1n) is 4.88. The summed E-state index contributed by atoms with van der Waals surface area (Å²) in [6.45, 7) is 0.895. The molecule has 0 aromatic heterocycles. The van der Waals surface area contributed by atoms with E-state index < -0.39 is 0 Å². The SMILES string of the molecule is CNCCC=Cc1cccc(O)c1C=O. The van der Waals surface area contributed by atoms with Gasteiger partial charge in [0.15, 0.2) is 6.29 Å². The molecule has 0 saturated carbocycles. The largest absolute Gasteiger partial charge is 0.507 e. The van der Waals surface area contributed by atoms with Crippen molar-refractivity contribution in [1.29, 1.82) is 0 Å². The molecule has 80 valence electrons. The number of hydrogen-bond acceptors (Lipinski definition) is 3. The van der Waals surface area contributed by atoms with Gasteiger partial charge in [-0.3, -0.25) is 4.79 Å². The van der Waals surface area contributed by atoms with Gasteiger partial charge in [-0.25, -0.2) is 0 Å². The lowest BCUT2D eigenvalue weighted by Gasteiger charge is -2.01. The summed E-state index contributed by atoms with van der Waals surface area (Å²) in [5, 5.41) is 12.4. The number of hydrogen-bond donors (Lipinski definition) is 2. The Hall–Kier alpha value is -1.61. The normalized spacial score (nSPS) is 10.7. The van der Waals surface area contributed by atoms with Crippen molar-refractivity contribution in [2.45, 2.75) is 6.42 Å². The Morgan fingerprint density at radius 2 is 2.27 bits per heavy atom. The molecule has 1 aromatic rings. The number of carbonyl (C=O) groups excluding carboxylic acids is 1. The molecular weight excluding hydrogens is 190 g/mol. The highest BCUT2D eigenvalue weighted by molar-refractivity contribution is 5.85. The molecule has 0 amide bonds. The van der Waals surface area contributed by atoms with Crippen molar-refractivity contribution in [3.63, 3.8) is 0 Å². The van der Waals surface area contributed by atoms with Gasteiger partial charge in [0, 0.05) is 0 Å². The zero-order valence-electron chi connectivity index (χ0n) is 8.73. The summed E-state index contributed by atoms with van der Waals surface area (Å²) in [7, 11) is 1.89. The number of carbonyl (C=O) groups is 1. The van der Waals surface area contributed by atoms with Crippen LogP contribution in [0.5, 0.6) is 5.75 Å². The van der Waals surface area contributed by atoms with Crippen LogP contribution in [0.15, 0.2) is 24.3 Å². The zero-order valence-corrected chi connectivity index (χ0v) is 8.73. The van der Waals surface area contributed by atoms with Crippen molar-refractivity contribution >= 4 is 12.4 Å². The molecule has 0 aliphatic heterocycles. The van der Waals surface area contributed by atoms with E-state index in [0.717, 1.165) is 18.5 Å². The Balaban J connectivity index is 2.80. The molecule has 0 aliphatic rings. The minimum absolute atomic E-state index is 0.0285. The molecule has 2 N–H and O–H groups in total. The maximum atomic E-state index is 10.7.